The topological polar surface area (TPSA) is 33.5 Å². The quantitative estimate of drug-likeness (QED) is 0.789. The van der Waals surface area contributed by atoms with Crippen LogP contribution in [0, 0.1) is 0 Å². The summed E-state index contributed by atoms with van der Waals surface area (Å²) in [6.07, 6.45) is 0.943. The fourth-order valence-corrected chi connectivity index (χ4v) is 2.36. The van der Waals surface area contributed by atoms with E-state index in [1.54, 1.807) is 0 Å². The average molecular weight is 310 g/mol. The molecule has 18 heavy (non-hydrogen) atoms. The van der Waals surface area contributed by atoms with Crippen LogP contribution in [0.15, 0.2) is 34.7 Å². The molecule has 0 radical (unpaired) electrons. The summed E-state index contributed by atoms with van der Waals surface area (Å²) in [7, 11) is 0. The van der Waals surface area contributed by atoms with Crippen LogP contribution < -0.4 is 0 Å². The van der Waals surface area contributed by atoms with E-state index < -0.39 is 0 Å². The van der Waals surface area contributed by atoms with Crippen molar-refractivity contribution in [2.24, 2.45) is 0 Å². The lowest BCUT2D eigenvalue weighted by Crippen LogP contribution is -2.33. The second kappa shape index (κ2) is 6.05. The Morgan fingerprint density at radius 1 is 1.33 bits per heavy atom. The lowest BCUT2D eigenvalue weighted by Gasteiger charge is -2.19. The maximum absolute atomic E-state index is 12.3. The Kier molecular flexibility index (Phi) is 4.42. The zero-order valence-corrected chi connectivity index (χ0v) is 11.9. The molecule has 1 heterocycles. The third kappa shape index (κ3) is 2.75. The number of carbonyl (C=O) groups is 1. The maximum atomic E-state index is 12.3. The highest BCUT2D eigenvalue weighted by Crippen LogP contribution is 2.20. The first-order chi connectivity index (χ1) is 8.76. The number of carbonyl (C=O) groups excluding carboxylic acids is 1. The molecule has 0 N–H and O–H groups in total. The summed E-state index contributed by atoms with van der Waals surface area (Å²) in [6.45, 7) is 3.51. The number of halogens is 1. The first kappa shape index (κ1) is 13.1. The summed E-state index contributed by atoms with van der Waals surface area (Å²) in [5.41, 5.74) is 0.760. The van der Waals surface area contributed by atoms with Gasteiger partial charge in [-0.1, -0.05) is 41.1 Å². The smallest absolute Gasteiger partial charge is 0.289 e. The van der Waals surface area contributed by atoms with Crippen molar-refractivity contribution in [2.75, 3.05) is 18.4 Å². The van der Waals surface area contributed by atoms with E-state index in [2.05, 4.69) is 22.9 Å². The highest BCUT2D eigenvalue weighted by Gasteiger charge is 2.18. The number of alkyl halides is 1. The van der Waals surface area contributed by atoms with Gasteiger partial charge >= 0.3 is 0 Å². The van der Waals surface area contributed by atoms with Gasteiger partial charge in [0.05, 0.1) is 0 Å². The van der Waals surface area contributed by atoms with Gasteiger partial charge in [0, 0.05) is 23.8 Å². The number of fused-ring (bicyclic) bond motifs is 1. The molecular formula is C14H16BrNO2. The van der Waals surface area contributed by atoms with E-state index in [9.17, 15) is 4.79 Å². The van der Waals surface area contributed by atoms with Gasteiger partial charge in [-0.3, -0.25) is 4.79 Å². The van der Waals surface area contributed by atoms with Crippen LogP contribution in [0.1, 0.15) is 23.9 Å². The molecule has 2 rings (SSSR count). The van der Waals surface area contributed by atoms with Crippen molar-refractivity contribution in [3.63, 3.8) is 0 Å². The highest BCUT2D eigenvalue weighted by molar-refractivity contribution is 9.09. The van der Waals surface area contributed by atoms with Crippen molar-refractivity contribution in [1.29, 1.82) is 0 Å². The second-order valence-corrected chi connectivity index (χ2v) is 4.92. The summed E-state index contributed by atoms with van der Waals surface area (Å²) in [5, 5.41) is 1.75. The van der Waals surface area contributed by atoms with Gasteiger partial charge in [0.1, 0.15) is 5.58 Å². The van der Waals surface area contributed by atoms with Crippen molar-refractivity contribution in [3.8, 4) is 0 Å². The fourth-order valence-electron chi connectivity index (χ4n) is 1.93. The molecule has 96 valence electrons. The van der Waals surface area contributed by atoms with E-state index in [0.29, 0.717) is 12.3 Å². The standard InChI is InChI=1S/C14H16BrNO2/c1-2-8-16(9-7-15)14(17)13-10-11-5-3-4-6-12(11)18-13/h3-6,10H,2,7-9H2,1H3. The highest BCUT2D eigenvalue weighted by atomic mass is 79.9. The molecule has 0 bridgehead atoms. The van der Waals surface area contributed by atoms with Gasteiger partial charge in [0.25, 0.3) is 5.91 Å². The van der Waals surface area contributed by atoms with Crippen LogP contribution in [0.25, 0.3) is 11.0 Å². The monoisotopic (exact) mass is 309 g/mol. The predicted octanol–water partition coefficient (Wildman–Crippen LogP) is 3.68. The van der Waals surface area contributed by atoms with E-state index >= 15 is 0 Å². The molecule has 2 aromatic rings. The number of benzene rings is 1. The van der Waals surface area contributed by atoms with Gasteiger partial charge in [0.15, 0.2) is 5.76 Å². The minimum Gasteiger partial charge on any atom is -0.451 e. The molecule has 0 unspecified atom stereocenters. The number of rotatable bonds is 5. The predicted molar refractivity (Wildman–Crippen MR) is 76.2 cm³/mol. The molecule has 0 spiro atoms. The number of amides is 1. The zero-order chi connectivity index (χ0) is 13.0. The van der Waals surface area contributed by atoms with Crippen LogP contribution in [0.5, 0.6) is 0 Å². The third-order valence-electron chi connectivity index (χ3n) is 2.77. The van der Waals surface area contributed by atoms with Crippen molar-refractivity contribution in [1.82, 2.24) is 4.90 Å². The average Bonchev–Trinajstić information content (AvgIpc) is 2.81. The summed E-state index contributed by atoms with van der Waals surface area (Å²) in [5.74, 6) is 0.387. The summed E-state index contributed by atoms with van der Waals surface area (Å²) >= 11 is 3.37. The molecule has 3 nitrogen and oxygen atoms in total. The van der Waals surface area contributed by atoms with Crippen molar-refractivity contribution < 1.29 is 9.21 Å². The first-order valence-corrected chi connectivity index (χ1v) is 7.22. The molecule has 0 fully saturated rings. The maximum Gasteiger partial charge on any atom is 0.289 e. The number of hydrogen-bond acceptors (Lipinski definition) is 2. The van der Waals surface area contributed by atoms with E-state index in [0.717, 1.165) is 29.3 Å². The number of furan rings is 1. The van der Waals surface area contributed by atoms with Gasteiger partial charge in [-0.05, 0) is 18.6 Å². The van der Waals surface area contributed by atoms with Crippen LogP contribution in [-0.2, 0) is 0 Å². The fraction of sp³-hybridized carbons (Fsp3) is 0.357. The number of hydrogen-bond donors (Lipinski definition) is 0. The summed E-state index contributed by atoms with van der Waals surface area (Å²) < 4.78 is 5.60. The van der Waals surface area contributed by atoms with Gasteiger partial charge in [0.2, 0.25) is 0 Å². The Labute approximate surface area is 115 Å². The molecule has 1 aromatic heterocycles. The van der Waals surface area contributed by atoms with E-state index in [1.807, 2.05) is 35.2 Å². The van der Waals surface area contributed by atoms with Crippen molar-refractivity contribution in [3.05, 3.63) is 36.1 Å². The molecule has 1 amide bonds. The summed E-state index contributed by atoms with van der Waals surface area (Å²) in [4.78, 5) is 14.1. The lowest BCUT2D eigenvalue weighted by molar-refractivity contribution is 0.0737. The van der Waals surface area contributed by atoms with E-state index in [1.165, 1.54) is 0 Å². The van der Waals surface area contributed by atoms with Crippen LogP contribution in [0.3, 0.4) is 0 Å². The Hall–Kier alpha value is -1.29. The zero-order valence-electron chi connectivity index (χ0n) is 10.4. The Bertz CT molecular complexity index is 496. The molecule has 0 aliphatic heterocycles. The normalized spacial score (nSPS) is 10.8. The second-order valence-electron chi connectivity index (χ2n) is 4.13. The molecule has 1 aromatic carbocycles. The van der Waals surface area contributed by atoms with Crippen LogP contribution in [-0.4, -0.2) is 29.2 Å². The Morgan fingerprint density at radius 2 is 2.11 bits per heavy atom. The van der Waals surface area contributed by atoms with E-state index in [4.69, 9.17) is 4.42 Å². The van der Waals surface area contributed by atoms with Crippen LogP contribution in [0.2, 0.25) is 0 Å². The SMILES string of the molecule is CCCN(CCBr)C(=O)c1cc2ccccc2o1. The number of para-hydroxylation sites is 1. The lowest BCUT2D eigenvalue weighted by atomic mass is 10.2. The van der Waals surface area contributed by atoms with E-state index in [-0.39, 0.29) is 5.91 Å². The minimum atomic E-state index is -0.0347. The Balaban J connectivity index is 2.25. The van der Waals surface area contributed by atoms with Gasteiger partial charge in [-0.25, -0.2) is 0 Å². The minimum absolute atomic E-state index is 0.0347. The van der Waals surface area contributed by atoms with Crippen LogP contribution >= 0.6 is 15.9 Å². The molecule has 0 saturated carbocycles. The van der Waals surface area contributed by atoms with Crippen LogP contribution in [0.4, 0.5) is 0 Å². The van der Waals surface area contributed by atoms with Gasteiger partial charge in [-0.15, -0.1) is 0 Å². The van der Waals surface area contributed by atoms with Crippen molar-refractivity contribution in [2.45, 2.75) is 13.3 Å². The largest absolute Gasteiger partial charge is 0.451 e. The molecule has 0 saturated heterocycles. The Morgan fingerprint density at radius 3 is 2.78 bits per heavy atom. The van der Waals surface area contributed by atoms with Gasteiger partial charge in [-0.2, -0.15) is 0 Å². The third-order valence-corrected chi connectivity index (χ3v) is 3.13. The molecule has 0 aliphatic rings. The molecule has 4 heteroatoms. The number of nitrogens with zero attached hydrogens (tertiary/aromatic N) is 1. The van der Waals surface area contributed by atoms with Gasteiger partial charge < -0.3 is 9.32 Å². The summed E-state index contributed by atoms with van der Waals surface area (Å²) in [6, 6.07) is 9.48. The molecule has 0 atom stereocenters. The first-order valence-electron chi connectivity index (χ1n) is 6.10. The van der Waals surface area contributed by atoms with Crippen molar-refractivity contribution >= 4 is 32.8 Å². The molecule has 0 aliphatic carbocycles. The molecular weight excluding hydrogens is 294 g/mol.